The first-order valence-corrected chi connectivity index (χ1v) is 9.75. The van der Waals surface area contributed by atoms with Crippen molar-refractivity contribution >= 4 is 17.2 Å². The normalized spacial score (nSPS) is 10.5. The third-order valence-electron chi connectivity index (χ3n) is 4.29. The van der Waals surface area contributed by atoms with Crippen molar-refractivity contribution in [3.05, 3.63) is 59.4 Å². The maximum atomic E-state index is 13.6. The van der Waals surface area contributed by atoms with Crippen LogP contribution in [0.2, 0.25) is 5.02 Å². The van der Waals surface area contributed by atoms with E-state index < -0.39 is 5.82 Å². The van der Waals surface area contributed by atoms with Gasteiger partial charge in [-0.2, -0.15) is 10.4 Å². The van der Waals surface area contributed by atoms with Gasteiger partial charge < -0.3 is 9.30 Å². The minimum Gasteiger partial charge on any atom is -0.383 e. The maximum absolute atomic E-state index is 13.6. The van der Waals surface area contributed by atoms with Crippen LogP contribution >= 0.6 is 11.6 Å². The summed E-state index contributed by atoms with van der Waals surface area (Å²) in [6, 6.07) is 10.1. The molecular weight excluding hydrogens is 407 g/mol. The molecule has 4 rings (SSSR count). The third kappa shape index (κ3) is 4.03. The molecule has 7 nitrogen and oxygen atoms in total. The SMILES string of the molecule is CC.COCCn1cnc(-c2ccc(F)c(Cl)c2)c1-c1ccc2ncc(C#N)n2n1. The van der Waals surface area contributed by atoms with Gasteiger partial charge in [-0.05, 0) is 30.3 Å². The van der Waals surface area contributed by atoms with Crippen LogP contribution < -0.4 is 0 Å². The van der Waals surface area contributed by atoms with E-state index in [0.29, 0.717) is 47.1 Å². The van der Waals surface area contributed by atoms with E-state index in [1.54, 1.807) is 31.6 Å². The van der Waals surface area contributed by atoms with Crippen molar-refractivity contribution in [1.29, 1.82) is 5.26 Å². The van der Waals surface area contributed by atoms with Crippen LogP contribution in [0.15, 0.2) is 42.9 Å². The lowest BCUT2D eigenvalue weighted by Gasteiger charge is -2.10. The molecule has 0 spiro atoms. The average molecular weight is 427 g/mol. The fraction of sp³-hybridized carbons (Fsp3) is 0.238. The van der Waals surface area contributed by atoms with Crippen LogP contribution in [-0.4, -0.2) is 37.9 Å². The largest absolute Gasteiger partial charge is 0.383 e. The third-order valence-corrected chi connectivity index (χ3v) is 4.58. The second-order valence-electron chi connectivity index (χ2n) is 6.00. The van der Waals surface area contributed by atoms with Crippen LogP contribution in [0.3, 0.4) is 0 Å². The second kappa shape index (κ2) is 9.48. The number of fused-ring (bicyclic) bond motifs is 1. The average Bonchev–Trinajstić information content (AvgIpc) is 3.39. The lowest BCUT2D eigenvalue weighted by atomic mass is 10.1. The van der Waals surface area contributed by atoms with Gasteiger partial charge in [-0.1, -0.05) is 25.4 Å². The standard InChI is InChI=1S/C19H14ClFN6O.C2H6/c1-28-7-6-26-11-24-18(12-2-3-15(21)14(20)8-12)19(26)16-4-5-17-23-10-13(9-22)27(17)25-16;1-2/h2-5,8,10-11H,6-7H2,1H3;1-2H3. The Kier molecular flexibility index (Phi) is 6.77. The van der Waals surface area contributed by atoms with E-state index in [-0.39, 0.29) is 5.02 Å². The molecule has 0 aliphatic rings. The fourth-order valence-corrected chi connectivity index (χ4v) is 3.12. The smallest absolute Gasteiger partial charge is 0.162 e. The van der Waals surface area contributed by atoms with Gasteiger partial charge in [0, 0.05) is 19.2 Å². The predicted octanol–water partition coefficient (Wildman–Crippen LogP) is 4.60. The van der Waals surface area contributed by atoms with E-state index in [2.05, 4.69) is 21.1 Å². The quantitative estimate of drug-likeness (QED) is 0.466. The highest BCUT2D eigenvalue weighted by Gasteiger charge is 2.18. The van der Waals surface area contributed by atoms with Crippen molar-refractivity contribution in [1.82, 2.24) is 24.1 Å². The highest BCUT2D eigenvalue weighted by atomic mass is 35.5. The molecule has 0 atom stereocenters. The Hall–Kier alpha value is -3.28. The van der Waals surface area contributed by atoms with E-state index in [0.717, 1.165) is 0 Å². The summed E-state index contributed by atoms with van der Waals surface area (Å²) in [5, 5.41) is 13.9. The van der Waals surface area contributed by atoms with E-state index in [4.69, 9.17) is 16.3 Å². The summed E-state index contributed by atoms with van der Waals surface area (Å²) in [5.41, 5.74) is 3.44. The summed E-state index contributed by atoms with van der Waals surface area (Å²) in [6.45, 7) is 5.02. The van der Waals surface area contributed by atoms with E-state index in [1.807, 2.05) is 18.4 Å². The van der Waals surface area contributed by atoms with Gasteiger partial charge >= 0.3 is 0 Å². The molecule has 0 aliphatic carbocycles. The molecule has 0 unspecified atom stereocenters. The number of nitriles is 1. The molecule has 154 valence electrons. The molecule has 0 bridgehead atoms. The Balaban J connectivity index is 0.00000124. The molecule has 1 aromatic carbocycles. The number of benzene rings is 1. The molecule has 3 aromatic heterocycles. The van der Waals surface area contributed by atoms with Crippen LogP contribution in [0, 0.1) is 17.1 Å². The number of nitrogens with zero attached hydrogens (tertiary/aromatic N) is 6. The Labute approximate surface area is 178 Å². The summed E-state index contributed by atoms with van der Waals surface area (Å²) in [4.78, 5) is 8.66. The molecule has 0 amide bonds. The molecule has 9 heteroatoms. The summed E-state index contributed by atoms with van der Waals surface area (Å²) >= 11 is 5.96. The van der Waals surface area contributed by atoms with Crippen molar-refractivity contribution in [2.24, 2.45) is 0 Å². The number of rotatable bonds is 5. The topological polar surface area (TPSA) is 81.0 Å². The predicted molar refractivity (Wildman–Crippen MR) is 113 cm³/mol. The van der Waals surface area contributed by atoms with Crippen LogP contribution in [0.25, 0.3) is 28.3 Å². The number of hydrogen-bond acceptors (Lipinski definition) is 5. The van der Waals surface area contributed by atoms with Crippen LogP contribution in [0.5, 0.6) is 0 Å². The molecule has 4 aromatic rings. The highest BCUT2D eigenvalue weighted by Crippen LogP contribution is 2.32. The van der Waals surface area contributed by atoms with Crippen molar-refractivity contribution in [3.63, 3.8) is 0 Å². The number of methoxy groups -OCH3 is 1. The van der Waals surface area contributed by atoms with Gasteiger partial charge in [0.2, 0.25) is 0 Å². The number of ether oxygens (including phenoxy) is 1. The van der Waals surface area contributed by atoms with Crippen LogP contribution in [0.4, 0.5) is 4.39 Å². The number of aromatic nitrogens is 5. The van der Waals surface area contributed by atoms with Crippen LogP contribution in [-0.2, 0) is 11.3 Å². The van der Waals surface area contributed by atoms with Gasteiger partial charge in [-0.3, -0.25) is 0 Å². The zero-order valence-corrected chi connectivity index (χ0v) is 17.6. The van der Waals surface area contributed by atoms with Crippen molar-refractivity contribution in [2.45, 2.75) is 20.4 Å². The summed E-state index contributed by atoms with van der Waals surface area (Å²) < 4.78 is 22.2. The molecule has 0 aliphatic heterocycles. The van der Waals surface area contributed by atoms with Crippen molar-refractivity contribution in [3.8, 4) is 28.7 Å². The molecule has 0 saturated heterocycles. The van der Waals surface area contributed by atoms with E-state index >= 15 is 0 Å². The fourth-order valence-electron chi connectivity index (χ4n) is 2.94. The number of imidazole rings is 2. The molecule has 3 heterocycles. The summed E-state index contributed by atoms with van der Waals surface area (Å²) in [5.74, 6) is -0.498. The Morgan fingerprint density at radius 3 is 2.70 bits per heavy atom. The summed E-state index contributed by atoms with van der Waals surface area (Å²) in [6.07, 6.45) is 3.14. The summed E-state index contributed by atoms with van der Waals surface area (Å²) in [7, 11) is 1.62. The lowest BCUT2D eigenvalue weighted by Crippen LogP contribution is -2.07. The molecule has 0 saturated carbocycles. The highest BCUT2D eigenvalue weighted by molar-refractivity contribution is 6.31. The monoisotopic (exact) mass is 426 g/mol. The van der Waals surface area contributed by atoms with E-state index in [1.165, 1.54) is 22.8 Å². The second-order valence-corrected chi connectivity index (χ2v) is 6.41. The molecular formula is C21H20ClFN6O. The number of halogens is 2. The van der Waals surface area contributed by atoms with Crippen molar-refractivity contribution in [2.75, 3.05) is 13.7 Å². The first kappa shape index (κ1) is 21.4. The first-order valence-electron chi connectivity index (χ1n) is 9.37. The molecule has 0 radical (unpaired) electrons. The zero-order valence-electron chi connectivity index (χ0n) is 16.8. The minimum atomic E-state index is -0.498. The van der Waals surface area contributed by atoms with Gasteiger partial charge in [0.05, 0.1) is 35.5 Å². The Bertz CT molecular complexity index is 1210. The van der Waals surface area contributed by atoms with Crippen molar-refractivity contribution < 1.29 is 9.13 Å². The van der Waals surface area contributed by atoms with Gasteiger partial charge in [-0.15, -0.1) is 0 Å². The first-order chi connectivity index (χ1) is 14.6. The molecule has 0 N–H and O–H groups in total. The Morgan fingerprint density at radius 2 is 2.00 bits per heavy atom. The zero-order chi connectivity index (χ0) is 21.7. The maximum Gasteiger partial charge on any atom is 0.162 e. The van der Waals surface area contributed by atoms with Crippen LogP contribution in [0.1, 0.15) is 19.5 Å². The lowest BCUT2D eigenvalue weighted by molar-refractivity contribution is 0.187. The van der Waals surface area contributed by atoms with E-state index in [9.17, 15) is 9.65 Å². The number of hydrogen-bond donors (Lipinski definition) is 0. The van der Waals surface area contributed by atoms with Gasteiger partial charge in [0.15, 0.2) is 11.3 Å². The van der Waals surface area contributed by atoms with Gasteiger partial charge in [0.1, 0.15) is 17.6 Å². The van der Waals surface area contributed by atoms with Gasteiger partial charge in [-0.25, -0.2) is 18.9 Å². The molecule has 0 fully saturated rings. The van der Waals surface area contributed by atoms with Gasteiger partial charge in [0.25, 0.3) is 0 Å². The molecule has 30 heavy (non-hydrogen) atoms. The minimum absolute atomic E-state index is 0.0136. The Morgan fingerprint density at radius 1 is 1.20 bits per heavy atom.